The Morgan fingerprint density at radius 3 is 2.79 bits per heavy atom. The van der Waals surface area contributed by atoms with E-state index < -0.39 is 17.8 Å². The van der Waals surface area contributed by atoms with Crippen molar-refractivity contribution in [2.45, 2.75) is 31.7 Å². The molecule has 19 heavy (non-hydrogen) atoms. The third-order valence-electron chi connectivity index (χ3n) is 3.53. The molecule has 106 valence electrons. The second kappa shape index (κ2) is 5.44. The van der Waals surface area contributed by atoms with Crippen molar-refractivity contribution in [3.8, 4) is 0 Å². The number of pyridine rings is 1. The zero-order valence-electron chi connectivity index (χ0n) is 10.4. The van der Waals surface area contributed by atoms with Gasteiger partial charge in [0, 0.05) is 30.5 Å². The summed E-state index contributed by atoms with van der Waals surface area (Å²) in [6.45, 7) is 2.37. The van der Waals surface area contributed by atoms with Gasteiger partial charge in [-0.2, -0.15) is 13.2 Å². The number of ether oxygens (including phenoxy) is 1. The van der Waals surface area contributed by atoms with Crippen LogP contribution in [0.4, 0.5) is 13.2 Å². The fraction of sp³-hybridized carbons (Fsp3) is 0.583. The maximum absolute atomic E-state index is 13.0. The Morgan fingerprint density at radius 2 is 2.26 bits per heavy atom. The quantitative estimate of drug-likeness (QED) is 0.654. The molecule has 0 aliphatic carbocycles. The lowest BCUT2D eigenvalue weighted by Gasteiger charge is -2.27. The van der Waals surface area contributed by atoms with Crippen LogP contribution in [-0.2, 0) is 10.9 Å². The molecular weight excluding hydrogens is 259 g/mol. The molecule has 1 aliphatic heterocycles. The van der Waals surface area contributed by atoms with Crippen molar-refractivity contribution in [1.82, 2.24) is 10.4 Å². The summed E-state index contributed by atoms with van der Waals surface area (Å²) in [5.41, 5.74) is 1.85. The zero-order valence-corrected chi connectivity index (χ0v) is 10.4. The fourth-order valence-electron chi connectivity index (χ4n) is 2.54. The monoisotopic (exact) mass is 275 g/mol. The van der Waals surface area contributed by atoms with E-state index in [2.05, 4.69) is 10.4 Å². The molecule has 0 radical (unpaired) electrons. The number of alkyl halides is 3. The lowest BCUT2D eigenvalue weighted by atomic mass is 9.87. The summed E-state index contributed by atoms with van der Waals surface area (Å²) >= 11 is 0. The van der Waals surface area contributed by atoms with Gasteiger partial charge in [-0.1, -0.05) is 0 Å². The van der Waals surface area contributed by atoms with Crippen molar-refractivity contribution in [3.05, 3.63) is 29.6 Å². The first-order chi connectivity index (χ1) is 8.95. The molecule has 2 heterocycles. The predicted octanol–water partition coefficient (Wildman–Crippen LogP) is 2.03. The number of hydrazine groups is 1. The van der Waals surface area contributed by atoms with Crippen LogP contribution in [0.25, 0.3) is 0 Å². The van der Waals surface area contributed by atoms with Crippen molar-refractivity contribution in [2.75, 3.05) is 6.61 Å². The van der Waals surface area contributed by atoms with Crippen LogP contribution in [-0.4, -0.2) is 17.7 Å². The van der Waals surface area contributed by atoms with Gasteiger partial charge < -0.3 is 4.74 Å². The molecule has 2 rings (SSSR count). The number of aromatic nitrogens is 1. The molecular formula is C12H16F3N3O. The molecule has 1 aromatic heterocycles. The predicted molar refractivity (Wildman–Crippen MR) is 62.8 cm³/mol. The molecule has 0 bridgehead atoms. The number of nitrogens with zero attached hydrogens (tertiary/aromatic N) is 1. The molecule has 4 nitrogen and oxygen atoms in total. The number of halogens is 3. The topological polar surface area (TPSA) is 60.2 Å². The van der Waals surface area contributed by atoms with Gasteiger partial charge in [0.1, 0.15) is 0 Å². The highest BCUT2D eigenvalue weighted by atomic mass is 19.4. The van der Waals surface area contributed by atoms with Gasteiger partial charge in [-0.05, 0) is 19.4 Å². The molecule has 0 aromatic carbocycles. The maximum Gasteiger partial charge on any atom is 0.416 e. The summed E-state index contributed by atoms with van der Waals surface area (Å²) < 4.78 is 44.4. The molecule has 1 saturated heterocycles. The third kappa shape index (κ3) is 2.88. The minimum Gasteiger partial charge on any atom is -0.378 e. The molecule has 0 saturated carbocycles. The van der Waals surface area contributed by atoms with Crippen molar-refractivity contribution in [3.63, 3.8) is 0 Å². The van der Waals surface area contributed by atoms with Crippen LogP contribution in [0.3, 0.4) is 0 Å². The van der Waals surface area contributed by atoms with Gasteiger partial charge in [0.15, 0.2) is 0 Å². The second-order valence-corrected chi connectivity index (χ2v) is 4.63. The van der Waals surface area contributed by atoms with Gasteiger partial charge in [-0.15, -0.1) is 0 Å². The first kappa shape index (κ1) is 14.2. The van der Waals surface area contributed by atoms with E-state index in [9.17, 15) is 13.2 Å². The standard InChI is InChI=1S/C12H16F3N3O/c1-7-8(3-5-19-7)11(18-16)9-6-17-4-2-10(9)12(13,14)15/h2,4,6-8,11,18H,3,5,16H2,1H3. The SMILES string of the molecule is CC1OCCC1C(NN)c1cnccc1C(F)(F)F. The lowest BCUT2D eigenvalue weighted by Crippen LogP contribution is -2.37. The summed E-state index contributed by atoms with van der Waals surface area (Å²) in [5.74, 6) is 5.36. The summed E-state index contributed by atoms with van der Waals surface area (Å²) in [7, 11) is 0. The van der Waals surface area contributed by atoms with E-state index in [1.165, 1.54) is 6.20 Å². The summed E-state index contributed by atoms with van der Waals surface area (Å²) in [4.78, 5) is 3.79. The lowest BCUT2D eigenvalue weighted by molar-refractivity contribution is -0.138. The Morgan fingerprint density at radius 1 is 1.53 bits per heavy atom. The van der Waals surface area contributed by atoms with Crippen molar-refractivity contribution >= 4 is 0 Å². The molecule has 1 aromatic rings. The smallest absolute Gasteiger partial charge is 0.378 e. The third-order valence-corrected chi connectivity index (χ3v) is 3.53. The number of hydrogen-bond donors (Lipinski definition) is 2. The van der Waals surface area contributed by atoms with Crippen molar-refractivity contribution < 1.29 is 17.9 Å². The Balaban J connectivity index is 2.38. The molecule has 7 heteroatoms. The summed E-state index contributed by atoms with van der Waals surface area (Å²) in [6, 6.07) is 0.350. The molecule has 3 atom stereocenters. The van der Waals surface area contributed by atoms with Crippen molar-refractivity contribution in [2.24, 2.45) is 11.8 Å². The molecule has 3 unspecified atom stereocenters. The molecule has 1 fully saturated rings. The van der Waals surface area contributed by atoms with Crippen molar-refractivity contribution in [1.29, 1.82) is 0 Å². The van der Waals surface area contributed by atoms with Crippen LogP contribution in [0.1, 0.15) is 30.5 Å². The van der Waals surface area contributed by atoms with Gasteiger partial charge >= 0.3 is 6.18 Å². The minimum atomic E-state index is -4.42. The molecule has 0 amide bonds. The van der Waals surface area contributed by atoms with Gasteiger partial charge in [0.2, 0.25) is 0 Å². The highest BCUT2D eigenvalue weighted by Gasteiger charge is 2.39. The number of nitrogens with one attached hydrogen (secondary N) is 1. The van der Waals surface area contributed by atoms with E-state index in [1.807, 2.05) is 6.92 Å². The van der Waals surface area contributed by atoms with Crippen LogP contribution in [0, 0.1) is 5.92 Å². The van der Waals surface area contributed by atoms with E-state index in [0.29, 0.717) is 13.0 Å². The van der Waals surface area contributed by atoms with Crippen LogP contribution in [0.2, 0.25) is 0 Å². The molecule has 0 spiro atoms. The largest absolute Gasteiger partial charge is 0.416 e. The average molecular weight is 275 g/mol. The van der Waals surface area contributed by atoms with E-state index in [0.717, 1.165) is 12.3 Å². The van der Waals surface area contributed by atoms with Gasteiger partial charge in [0.25, 0.3) is 0 Å². The Kier molecular flexibility index (Phi) is 4.07. The average Bonchev–Trinajstić information content (AvgIpc) is 2.76. The fourth-order valence-corrected chi connectivity index (χ4v) is 2.54. The molecule has 3 N–H and O–H groups in total. The van der Waals surface area contributed by atoms with Gasteiger partial charge in [-0.3, -0.25) is 16.3 Å². The number of rotatable bonds is 3. The first-order valence-electron chi connectivity index (χ1n) is 6.04. The highest BCUT2D eigenvalue weighted by Crippen LogP contribution is 2.39. The van der Waals surface area contributed by atoms with Gasteiger partial charge in [-0.25, -0.2) is 0 Å². The van der Waals surface area contributed by atoms with E-state index in [-0.39, 0.29) is 17.6 Å². The normalized spacial score (nSPS) is 25.5. The maximum atomic E-state index is 13.0. The Labute approximate surface area is 109 Å². The minimum absolute atomic E-state index is 0.0693. The zero-order chi connectivity index (χ0) is 14.0. The first-order valence-corrected chi connectivity index (χ1v) is 6.04. The summed E-state index contributed by atoms with van der Waals surface area (Å²) in [5, 5.41) is 0. The summed E-state index contributed by atoms with van der Waals surface area (Å²) in [6.07, 6.45) is -1.53. The van der Waals surface area contributed by atoms with E-state index >= 15 is 0 Å². The molecule has 1 aliphatic rings. The van der Waals surface area contributed by atoms with Gasteiger partial charge in [0.05, 0.1) is 17.7 Å². The highest BCUT2D eigenvalue weighted by molar-refractivity contribution is 5.30. The number of nitrogens with two attached hydrogens (primary N) is 1. The van der Waals surface area contributed by atoms with Crippen LogP contribution in [0.5, 0.6) is 0 Å². The second-order valence-electron chi connectivity index (χ2n) is 4.63. The Hall–Kier alpha value is -1.18. The van der Waals surface area contributed by atoms with Crippen LogP contribution >= 0.6 is 0 Å². The number of hydrogen-bond acceptors (Lipinski definition) is 4. The van der Waals surface area contributed by atoms with Crippen LogP contribution in [0.15, 0.2) is 18.5 Å². The Bertz CT molecular complexity index is 438. The van der Waals surface area contributed by atoms with E-state index in [4.69, 9.17) is 10.6 Å². The van der Waals surface area contributed by atoms with Crippen LogP contribution < -0.4 is 11.3 Å². The van der Waals surface area contributed by atoms with E-state index in [1.54, 1.807) is 0 Å².